The van der Waals surface area contributed by atoms with Crippen molar-refractivity contribution in [2.24, 2.45) is 5.41 Å². The topological polar surface area (TPSA) is 21.3 Å². The van der Waals surface area contributed by atoms with Crippen LogP contribution < -0.4 is 5.32 Å². The summed E-state index contributed by atoms with van der Waals surface area (Å²) in [5, 5.41) is 3.22. The van der Waals surface area contributed by atoms with Crippen LogP contribution in [0.15, 0.2) is 24.3 Å². The fraction of sp³-hybridized carbons (Fsp3) is 0.600. The van der Waals surface area contributed by atoms with Crippen molar-refractivity contribution in [3.05, 3.63) is 35.4 Å². The number of benzene rings is 1. The summed E-state index contributed by atoms with van der Waals surface area (Å²) in [6.07, 6.45) is -4.14. The molecule has 5 heteroatoms. The molecule has 1 N–H and O–H groups in total. The van der Waals surface area contributed by atoms with Crippen LogP contribution in [-0.2, 0) is 17.3 Å². The van der Waals surface area contributed by atoms with Gasteiger partial charge in [-0.05, 0) is 18.6 Å². The molecule has 2 nitrogen and oxygen atoms in total. The number of hydrogen-bond acceptors (Lipinski definition) is 2. The van der Waals surface area contributed by atoms with Gasteiger partial charge < -0.3 is 4.74 Å². The molecule has 20 heavy (non-hydrogen) atoms. The molecule has 1 atom stereocenters. The van der Waals surface area contributed by atoms with Crippen molar-refractivity contribution in [2.45, 2.75) is 39.1 Å². The van der Waals surface area contributed by atoms with E-state index in [1.165, 1.54) is 12.1 Å². The van der Waals surface area contributed by atoms with Crippen LogP contribution >= 0.6 is 0 Å². The molecule has 0 amide bonds. The Bertz CT molecular complexity index is 472. The first-order chi connectivity index (χ1) is 9.11. The van der Waals surface area contributed by atoms with E-state index in [4.69, 9.17) is 4.74 Å². The average Bonchev–Trinajstić information content (AvgIpc) is 2.33. The second kappa shape index (κ2) is 5.04. The number of hydrogen-bond donors (Lipinski definition) is 1. The monoisotopic (exact) mass is 287 g/mol. The Hall–Kier alpha value is -1.07. The summed E-state index contributed by atoms with van der Waals surface area (Å²) < 4.78 is 44.7. The van der Waals surface area contributed by atoms with Gasteiger partial charge in [0, 0.05) is 18.4 Å². The van der Waals surface area contributed by atoms with Crippen molar-refractivity contribution in [3.63, 3.8) is 0 Å². The van der Waals surface area contributed by atoms with Crippen molar-refractivity contribution >= 4 is 0 Å². The summed E-state index contributed by atoms with van der Waals surface area (Å²) >= 11 is 0. The zero-order chi connectivity index (χ0) is 15.0. The molecule has 0 bridgehead atoms. The average molecular weight is 287 g/mol. The molecule has 112 valence electrons. The Labute approximate surface area is 117 Å². The smallest absolute Gasteiger partial charge is 0.360 e. The largest absolute Gasteiger partial charge is 0.416 e. The molecular weight excluding hydrogens is 267 g/mol. The molecule has 0 aliphatic carbocycles. The summed E-state index contributed by atoms with van der Waals surface area (Å²) in [5.41, 5.74) is -1.08. The van der Waals surface area contributed by atoms with Crippen LogP contribution in [0.3, 0.4) is 0 Å². The second-order valence-electron chi connectivity index (χ2n) is 6.37. The van der Waals surface area contributed by atoms with Gasteiger partial charge in [0.15, 0.2) is 0 Å². The van der Waals surface area contributed by atoms with Crippen LogP contribution in [0.4, 0.5) is 13.2 Å². The van der Waals surface area contributed by atoms with E-state index in [-0.39, 0.29) is 17.4 Å². The van der Waals surface area contributed by atoms with E-state index in [1.54, 1.807) is 13.0 Å². The molecular formula is C15H20F3NO. The minimum Gasteiger partial charge on any atom is -0.360 e. The van der Waals surface area contributed by atoms with Gasteiger partial charge in [0.2, 0.25) is 0 Å². The highest BCUT2D eigenvalue weighted by atomic mass is 19.4. The predicted octanol–water partition coefficient (Wildman–Crippen LogP) is 3.61. The second-order valence-corrected chi connectivity index (χ2v) is 6.37. The van der Waals surface area contributed by atoms with Crippen LogP contribution in [0.2, 0.25) is 0 Å². The van der Waals surface area contributed by atoms with Crippen LogP contribution in [0.5, 0.6) is 0 Å². The lowest BCUT2D eigenvalue weighted by Crippen LogP contribution is -2.57. The van der Waals surface area contributed by atoms with Gasteiger partial charge in [-0.1, -0.05) is 32.0 Å². The molecule has 1 saturated heterocycles. The fourth-order valence-corrected chi connectivity index (χ4v) is 2.31. The van der Waals surface area contributed by atoms with E-state index >= 15 is 0 Å². The zero-order valence-electron chi connectivity index (χ0n) is 12.0. The first-order valence-corrected chi connectivity index (χ1v) is 6.65. The Morgan fingerprint density at radius 3 is 2.40 bits per heavy atom. The fourth-order valence-electron chi connectivity index (χ4n) is 2.31. The molecule has 1 aromatic rings. The van der Waals surface area contributed by atoms with E-state index in [0.717, 1.165) is 12.6 Å². The molecule has 1 fully saturated rings. The highest BCUT2D eigenvalue weighted by Gasteiger charge is 2.39. The van der Waals surface area contributed by atoms with E-state index < -0.39 is 17.5 Å². The molecule has 0 radical (unpaired) electrons. The SMILES string of the molecule is CC1(C)CNC(C)(Cc2ccccc2C(F)(F)F)OC1. The molecule has 0 saturated carbocycles. The molecule has 1 aromatic carbocycles. The Morgan fingerprint density at radius 1 is 1.20 bits per heavy atom. The predicted molar refractivity (Wildman–Crippen MR) is 71.3 cm³/mol. The Kier molecular flexibility index (Phi) is 3.86. The minimum atomic E-state index is -4.33. The summed E-state index contributed by atoms with van der Waals surface area (Å²) in [5.74, 6) is 0. The molecule has 1 aliphatic rings. The van der Waals surface area contributed by atoms with E-state index in [9.17, 15) is 13.2 Å². The van der Waals surface area contributed by atoms with Gasteiger partial charge in [0.1, 0.15) is 5.72 Å². The highest BCUT2D eigenvalue weighted by Crippen LogP contribution is 2.34. The maximum Gasteiger partial charge on any atom is 0.416 e. The van der Waals surface area contributed by atoms with Gasteiger partial charge in [0.25, 0.3) is 0 Å². The molecule has 0 spiro atoms. The molecule has 2 rings (SSSR count). The molecule has 1 heterocycles. The number of rotatable bonds is 2. The van der Waals surface area contributed by atoms with Gasteiger partial charge in [-0.25, -0.2) is 0 Å². The van der Waals surface area contributed by atoms with Gasteiger partial charge in [-0.15, -0.1) is 0 Å². The summed E-state index contributed by atoms with van der Waals surface area (Å²) in [4.78, 5) is 0. The Balaban J connectivity index is 2.19. The van der Waals surface area contributed by atoms with Crippen LogP contribution in [0.25, 0.3) is 0 Å². The lowest BCUT2D eigenvalue weighted by atomic mass is 9.90. The summed E-state index contributed by atoms with van der Waals surface area (Å²) in [6, 6.07) is 5.66. The highest BCUT2D eigenvalue weighted by molar-refractivity contribution is 5.30. The van der Waals surface area contributed by atoms with Gasteiger partial charge in [-0.3, -0.25) is 5.32 Å². The summed E-state index contributed by atoms with van der Waals surface area (Å²) in [6.45, 7) is 7.17. The number of halogens is 3. The van der Waals surface area contributed by atoms with E-state index in [1.807, 2.05) is 0 Å². The van der Waals surface area contributed by atoms with Crippen molar-refractivity contribution in [1.29, 1.82) is 0 Å². The lowest BCUT2D eigenvalue weighted by Gasteiger charge is -2.43. The maximum atomic E-state index is 13.0. The summed E-state index contributed by atoms with van der Waals surface area (Å²) in [7, 11) is 0. The van der Waals surface area contributed by atoms with Gasteiger partial charge in [0.05, 0.1) is 12.2 Å². The maximum absolute atomic E-state index is 13.0. The zero-order valence-corrected chi connectivity index (χ0v) is 12.0. The van der Waals surface area contributed by atoms with Crippen molar-refractivity contribution in [3.8, 4) is 0 Å². The lowest BCUT2D eigenvalue weighted by molar-refractivity contribution is -0.141. The molecule has 1 aliphatic heterocycles. The van der Waals surface area contributed by atoms with Crippen molar-refractivity contribution < 1.29 is 17.9 Å². The van der Waals surface area contributed by atoms with Gasteiger partial charge >= 0.3 is 6.18 Å². The molecule has 1 unspecified atom stereocenters. The van der Waals surface area contributed by atoms with E-state index in [0.29, 0.717) is 6.61 Å². The van der Waals surface area contributed by atoms with Crippen molar-refractivity contribution in [2.75, 3.05) is 13.2 Å². The number of ether oxygens (including phenoxy) is 1. The number of alkyl halides is 3. The number of nitrogens with one attached hydrogen (secondary N) is 1. The van der Waals surface area contributed by atoms with Crippen LogP contribution in [-0.4, -0.2) is 18.9 Å². The quantitative estimate of drug-likeness (QED) is 0.897. The minimum absolute atomic E-state index is 0.00303. The van der Waals surface area contributed by atoms with E-state index in [2.05, 4.69) is 19.2 Å². The standard InChI is InChI=1S/C15H20F3NO/c1-13(2)9-19-14(3,20-10-13)8-11-6-4-5-7-12(11)15(16,17)18/h4-7,19H,8-10H2,1-3H3. The third-order valence-corrected chi connectivity index (χ3v) is 3.57. The normalized spacial score (nSPS) is 26.5. The Morgan fingerprint density at radius 2 is 1.85 bits per heavy atom. The van der Waals surface area contributed by atoms with Crippen molar-refractivity contribution in [1.82, 2.24) is 5.32 Å². The molecule has 0 aromatic heterocycles. The van der Waals surface area contributed by atoms with Crippen LogP contribution in [0.1, 0.15) is 31.9 Å². The third kappa shape index (κ3) is 3.52. The van der Waals surface area contributed by atoms with Gasteiger partial charge in [-0.2, -0.15) is 13.2 Å². The van der Waals surface area contributed by atoms with Crippen LogP contribution in [0, 0.1) is 5.41 Å². The first kappa shape index (κ1) is 15.3. The first-order valence-electron chi connectivity index (χ1n) is 6.65. The third-order valence-electron chi connectivity index (χ3n) is 3.57.